The van der Waals surface area contributed by atoms with Crippen LogP contribution in [0.25, 0.3) is 21.5 Å². The number of allylic oxidation sites excluding steroid dienone is 9. The molecule has 4 aromatic rings. The molecule has 0 aliphatic carbocycles. The van der Waals surface area contributed by atoms with Gasteiger partial charge >= 0.3 is 0 Å². The van der Waals surface area contributed by atoms with Crippen molar-refractivity contribution in [1.82, 2.24) is 0 Å². The predicted octanol–water partition coefficient (Wildman–Crippen LogP) is 9.93. The second-order valence-corrected chi connectivity index (χ2v) is 14.1. The molecule has 0 fully saturated rings. The van der Waals surface area contributed by atoms with Crippen molar-refractivity contribution in [3.8, 4) is 0 Å². The summed E-state index contributed by atoms with van der Waals surface area (Å²) in [6.45, 7) is 19.3. The average Bonchev–Trinajstić information content (AvgIpc) is 3.26. The van der Waals surface area contributed by atoms with E-state index in [1.807, 2.05) is 59.6 Å². The summed E-state index contributed by atoms with van der Waals surface area (Å²) in [5.41, 5.74) is 5.69. The Morgan fingerprint density at radius 2 is 1.57 bits per heavy atom. The largest absolute Gasteiger partial charge is 0.343 e. The minimum Gasteiger partial charge on any atom is -0.343 e. The van der Waals surface area contributed by atoms with Gasteiger partial charge < -0.3 is 4.90 Å². The number of nitrogens with zero attached hydrogens (tertiary/aromatic N) is 1. The van der Waals surface area contributed by atoms with E-state index in [0.29, 0.717) is 6.42 Å². The Balaban J connectivity index is 1.52. The molecular weight excluding hydrogens is 587 g/mol. The zero-order chi connectivity index (χ0) is 33.1. The molecule has 5 rings (SSSR count). The van der Waals surface area contributed by atoms with Gasteiger partial charge in [0, 0.05) is 28.8 Å². The third-order valence-corrected chi connectivity index (χ3v) is 10.2. The van der Waals surface area contributed by atoms with Gasteiger partial charge in [-0.05, 0) is 82.6 Å². The number of rotatable bonds is 12. The van der Waals surface area contributed by atoms with Crippen molar-refractivity contribution < 1.29 is 13.0 Å². The first kappa shape index (κ1) is 32.9. The van der Waals surface area contributed by atoms with Crippen LogP contribution in [0.2, 0.25) is 0 Å². The highest BCUT2D eigenvalue weighted by Crippen LogP contribution is 2.52. The van der Waals surface area contributed by atoms with Crippen LogP contribution in [0.15, 0.2) is 146 Å². The van der Waals surface area contributed by atoms with Crippen LogP contribution in [0.4, 0.5) is 5.69 Å². The Kier molecular flexibility index (Phi) is 9.39. The van der Waals surface area contributed by atoms with E-state index in [9.17, 15) is 13.0 Å². The van der Waals surface area contributed by atoms with E-state index in [0.717, 1.165) is 39.7 Å². The summed E-state index contributed by atoms with van der Waals surface area (Å²) >= 11 is 0. The van der Waals surface area contributed by atoms with Gasteiger partial charge in [-0.15, -0.1) is 13.2 Å². The Hall–Kier alpha value is -4.45. The lowest BCUT2D eigenvalue weighted by Gasteiger charge is -2.33. The Morgan fingerprint density at radius 3 is 2.24 bits per heavy atom. The molecule has 46 heavy (non-hydrogen) atoms. The molecule has 0 bridgehead atoms. The van der Waals surface area contributed by atoms with E-state index in [1.54, 1.807) is 0 Å². The van der Waals surface area contributed by atoms with Gasteiger partial charge in [-0.2, -0.15) is 8.42 Å². The molecule has 0 amide bonds. The van der Waals surface area contributed by atoms with E-state index < -0.39 is 15.5 Å². The number of hydrogen-bond acceptors (Lipinski definition) is 3. The van der Waals surface area contributed by atoms with Crippen molar-refractivity contribution in [2.75, 3.05) is 17.2 Å². The quantitative estimate of drug-likeness (QED) is 0.0963. The second kappa shape index (κ2) is 13.1. The maximum absolute atomic E-state index is 11.8. The normalized spacial score (nSPS) is 18.9. The molecule has 4 aromatic carbocycles. The lowest BCUT2D eigenvalue weighted by atomic mass is 9.70. The Labute approximate surface area is 274 Å². The van der Waals surface area contributed by atoms with Crippen LogP contribution in [0, 0.1) is 6.92 Å². The maximum Gasteiger partial charge on any atom is 0.266 e. The monoisotopic (exact) mass is 629 g/mol. The first-order valence-electron chi connectivity index (χ1n) is 15.6. The molecule has 5 heteroatoms. The highest BCUT2D eigenvalue weighted by atomic mass is 32.2. The van der Waals surface area contributed by atoms with Gasteiger partial charge in [0.15, 0.2) is 0 Å². The van der Waals surface area contributed by atoms with Crippen molar-refractivity contribution in [3.05, 3.63) is 163 Å². The molecule has 1 heterocycles. The summed E-state index contributed by atoms with van der Waals surface area (Å²) < 4.78 is 33.3. The molecule has 236 valence electrons. The summed E-state index contributed by atoms with van der Waals surface area (Å²) in [4.78, 5) is 2.02. The molecule has 1 aliphatic rings. The number of anilines is 1. The van der Waals surface area contributed by atoms with Crippen molar-refractivity contribution in [1.29, 1.82) is 0 Å². The van der Waals surface area contributed by atoms with Crippen LogP contribution in [0.1, 0.15) is 43.4 Å². The first-order valence-corrected chi connectivity index (χ1v) is 17.3. The zero-order valence-electron chi connectivity index (χ0n) is 27.0. The third kappa shape index (κ3) is 6.18. The third-order valence-electron chi connectivity index (χ3n) is 9.46. The van der Waals surface area contributed by atoms with E-state index in [-0.39, 0.29) is 17.7 Å². The molecule has 0 saturated heterocycles. The van der Waals surface area contributed by atoms with Gasteiger partial charge in [0.25, 0.3) is 10.1 Å². The summed E-state index contributed by atoms with van der Waals surface area (Å²) in [6.07, 6.45) is 15.4. The molecular formula is C41H43NO3S. The summed E-state index contributed by atoms with van der Waals surface area (Å²) in [5.74, 6) is -0.375. The first-order chi connectivity index (χ1) is 21.9. The highest BCUT2D eigenvalue weighted by molar-refractivity contribution is 7.85. The molecule has 4 nitrogen and oxygen atoms in total. The van der Waals surface area contributed by atoms with Crippen LogP contribution >= 0.6 is 0 Å². The van der Waals surface area contributed by atoms with Crippen molar-refractivity contribution in [2.24, 2.45) is 0 Å². The minimum absolute atomic E-state index is 0.132. The number of fused-ring (bicyclic) bond motifs is 4. The number of benzene rings is 4. The summed E-state index contributed by atoms with van der Waals surface area (Å²) in [7, 11) is -4.16. The second-order valence-electron chi connectivity index (χ2n) is 12.6. The molecule has 0 spiro atoms. The van der Waals surface area contributed by atoms with Gasteiger partial charge in [-0.1, -0.05) is 117 Å². The van der Waals surface area contributed by atoms with Crippen molar-refractivity contribution in [2.45, 2.75) is 44.4 Å². The molecule has 1 N–H and O–H groups in total. The van der Waals surface area contributed by atoms with E-state index in [2.05, 4.69) is 101 Å². The Morgan fingerprint density at radius 1 is 0.913 bits per heavy atom. The number of hydrogen-bond donors (Lipinski definition) is 1. The lowest BCUT2D eigenvalue weighted by Crippen LogP contribution is -2.31. The van der Waals surface area contributed by atoms with Crippen LogP contribution in [-0.2, 0) is 20.9 Å². The fraction of sp³-hybridized carbons (Fsp3) is 0.220. The molecule has 0 radical (unpaired) electrons. The minimum atomic E-state index is -4.16. The van der Waals surface area contributed by atoms with E-state index >= 15 is 0 Å². The fourth-order valence-electron chi connectivity index (χ4n) is 7.20. The van der Waals surface area contributed by atoms with Crippen LogP contribution < -0.4 is 4.90 Å². The molecule has 0 saturated carbocycles. The van der Waals surface area contributed by atoms with Gasteiger partial charge in [0.2, 0.25) is 0 Å². The maximum atomic E-state index is 11.8. The van der Waals surface area contributed by atoms with Crippen LogP contribution in [-0.4, -0.2) is 25.3 Å². The highest BCUT2D eigenvalue weighted by Gasteiger charge is 2.44. The van der Waals surface area contributed by atoms with Gasteiger partial charge in [-0.3, -0.25) is 4.55 Å². The van der Waals surface area contributed by atoms with Crippen molar-refractivity contribution >= 4 is 37.4 Å². The number of aryl methyl sites for hydroxylation is 1. The predicted molar refractivity (Wildman–Crippen MR) is 196 cm³/mol. The Bertz CT molecular complexity index is 2030. The lowest BCUT2D eigenvalue weighted by molar-refractivity contribution is 0.482. The topological polar surface area (TPSA) is 57.6 Å². The molecule has 2 unspecified atom stereocenters. The smallest absolute Gasteiger partial charge is 0.266 e. The van der Waals surface area contributed by atoms with Gasteiger partial charge in [-0.25, -0.2) is 0 Å². The molecule has 0 aromatic heterocycles. The summed E-state index contributed by atoms with van der Waals surface area (Å²) in [5, 5.41) is 4.66. The van der Waals surface area contributed by atoms with Gasteiger partial charge in [0.1, 0.15) is 0 Å². The standard InChI is InChI=1S/C41H43NO3S/c1-7-26-40(5,38-30(3)22-23-32-17-12-14-19-34(32)38)31(4)16-10-9-11-21-37-41(6,27-8-2)39-35-20-15-13-18-33(35)24-25-36(39)42(37)28-29-46(43,44)45/h7-25H,1-2,4,26-29H2,3,5-6H3,(H,43,44,45)/b11-9+,16-10+,37-21+. The molecule has 2 atom stereocenters. The van der Waals surface area contributed by atoms with E-state index in [1.165, 1.54) is 21.9 Å². The summed E-state index contributed by atoms with van der Waals surface area (Å²) in [6, 6.07) is 25.2. The van der Waals surface area contributed by atoms with Crippen LogP contribution in [0.5, 0.6) is 0 Å². The SMILES string of the molecule is C=CCC(C)(C(=C)/C=C/C=C/C=C1/N(CCS(=O)(=O)O)c2ccc3ccccc3c2C1(C)CC=C)c1c(C)ccc2ccccc12. The zero-order valence-corrected chi connectivity index (χ0v) is 27.9. The van der Waals surface area contributed by atoms with Crippen LogP contribution in [0.3, 0.4) is 0 Å². The average molecular weight is 630 g/mol. The fourth-order valence-corrected chi connectivity index (χ4v) is 7.61. The van der Waals surface area contributed by atoms with Crippen molar-refractivity contribution in [3.63, 3.8) is 0 Å². The van der Waals surface area contributed by atoms with Gasteiger partial charge in [0.05, 0.1) is 5.75 Å². The van der Waals surface area contributed by atoms with E-state index in [4.69, 9.17) is 0 Å². The molecule has 1 aliphatic heterocycles.